The van der Waals surface area contributed by atoms with Gasteiger partial charge < -0.3 is 4.74 Å². The zero-order valence-electron chi connectivity index (χ0n) is 17.2. The van der Waals surface area contributed by atoms with Gasteiger partial charge in [0.25, 0.3) is 6.43 Å². The molecule has 0 aliphatic carbocycles. The van der Waals surface area contributed by atoms with E-state index in [9.17, 15) is 17.2 Å². The average molecular weight is 460 g/mol. The summed E-state index contributed by atoms with van der Waals surface area (Å²) in [6.45, 7) is 4.59. The van der Waals surface area contributed by atoms with Gasteiger partial charge in [-0.25, -0.2) is 17.2 Å². The molecule has 6 nitrogen and oxygen atoms in total. The number of hydrogen-bond donors (Lipinski definition) is 0. The predicted molar refractivity (Wildman–Crippen MR) is 112 cm³/mol. The van der Waals surface area contributed by atoms with Crippen LogP contribution < -0.4 is 0 Å². The van der Waals surface area contributed by atoms with Crippen molar-refractivity contribution in [1.29, 1.82) is 0 Å². The second-order valence-electron chi connectivity index (χ2n) is 8.39. The normalized spacial score (nSPS) is 25.2. The van der Waals surface area contributed by atoms with Gasteiger partial charge >= 0.3 is 0 Å². The van der Waals surface area contributed by atoms with Crippen molar-refractivity contribution in [3.8, 4) is 0 Å². The minimum atomic E-state index is -3.02. The van der Waals surface area contributed by atoms with E-state index in [0.717, 1.165) is 41.9 Å². The van der Waals surface area contributed by atoms with E-state index in [1.54, 1.807) is 16.9 Å². The molecule has 0 aromatic carbocycles. The molecule has 2 atom stereocenters. The Hall–Kier alpha value is -1.36. The Balaban J connectivity index is 1.43. The van der Waals surface area contributed by atoms with Gasteiger partial charge in [-0.15, -0.1) is 11.3 Å². The number of nitrogens with zero attached hydrogens (tertiary/aromatic N) is 3. The highest BCUT2D eigenvalue weighted by Gasteiger charge is 2.44. The van der Waals surface area contributed by atoms with Crippen LogP contribution in [0.5, 0.6) is 0 Å². The molecule has 2 aromatic rings. The van der Waals surface area contributed by atoms with Crippen LogP contribution in [-0.2, 0) is 39.7 Å². The van der Waals surface area contributed by atoms with Crippen LogP contribution in [0.15, 0.2) is 18.5 Å². The van der Waals surface area contributed by atoms with Gasteiger partial charge in [0.1, 0.15) is 9.84 Å². The number of hydrogen-bond acceptors (Lipinski definition) is 6. The first-order chi connectivity index (χ1) is 14.2. The average Bonchev–Trinajstić information content (AvgIpc) is 3.30. The molecular weight excluding hydrogens is 432 g/mol. The van der Waals surface area contributed by atoms with E-state index in [2.05, 4.69) is 16.9 Å². The van der Waals surface area contributed by atoms with Gasteiger partial charge in [-0.1, -0.05) is 0 Å². The van der Waals surface area contributed by atoms with Crippen molar-refractivity contribution in [2.75, 3.05) is 25.2 Å². The molecule has 1 saturated heterocycles. The molecule has 0 saturated carbocycles. The van der Waals surface area contributed by atoms with Crippen molar-refractivity contribution < 1.29 is 21.9 Å². The molecule has 2 aliphatic heterocycles. The highest BCUT2D eigenvalue weighted by Crippen LogP contribution is 2.47. The SMILES string of the molecule is C[C@H]1C[C@@]2(CCN1Cc1cnn(CCS(C)(=O)=O)c1)OCCc1sc(C(F)F)cc12. The molecule has 0 bridgehead atoms. The van der Waals surface area contributed by atoms with Crippen molar-refractivity contribution in [3.63, 3.8) is 0 Å². The second-order valence-corrected chi connectivity index (χ2v) is 11.8. The smallest absolute Gasteiger partial charge is 0.272 e. The van der Waals surface area contributed by atoms with Crippen molar-refractivity contribution in [1.82, 2.24) is 14.7 Å². The number of piperidine rings is 1. The highest BCUT2D eigenvalue weighted by molar-refractivity contribution is 7.90. The summed E-state index contributed by atoms with van der Waals surface area (Å²) in [6, 6.07) is 1.89. The molecule has 1 spiro atoms. The van der Waals surface area contributed by atoms with Crippen LogP contribution >= 0.6 is 11.3 Å². The van der Waals surface area contributed by atoms with Crippen molar-refractivity contribution in [2.24, 2.45) is 0 Å². The maximum atomic E-state index is 13.2. The first kappa shape index (κ1) is 21.9. The summed E-state index contributed by atoms with van der Waals surface area (Å²) >= 11 is 1.23. The van der Waals surface area contributed by atoms with E-state index in [4.69, 9.17) is 4.74 Å². The van der Waals surface area contributed by atoms with Gasteiger partial charge in [0.05, 0.1) is 35.6 Å². The van der Waals surface area contributed by atoms with E-state index in [-0.39, 0.29) is 16.7 Å². The zero-order valence-corrected chi connectivity index (χ0v) is 18.8. The Morgan fingerprint density at radius 3 is 2.93 bits per heavy atom. The number of aromatic nitrogens is 2. The number of sulfone groups is 1. The molecular formula is C20H27F2N3O3S2. The number of halogens is 2. The van der Waals surface area contributed by atoms with Crippen LogP contribution in [0.4, 0.5) is 8.78 Å². The number of aryl methyl sites for hydroxylation is 1. The third-order valence-corrected chi connectivity index (χ3v) is 8.18. The molecule has 0 radical (unpaired) electrons. The topological polar surface area (TPSA) is 64.4 Å². The zero-order chi connectivity index (χ0) is 21.5. The minimum absolute atomic E-state index is 0.0671. The van der Waals surface area contributed by atoms with Crippen LogP contribution in [0.2, 0.25) is 0 Å². The van der Waals surface area contributed by atoms with Crippen LogP contribution in [0.25, 0.3) is 0 Å². The lowest BCUT2D eigenvalue weighted by molar-refractivity contribution is -0.112. The molecule has 4 rings (SSSR count). The van der Waals surface area contributed by atoms with Gasteiger partial charge in [0.2, 0.25) is 0 Å². The number of rotatable bonds is 6. The largest absolute Gasteiger partial charge is 0.370 e. The molecule has 10 heteroatoms. The van der Waals surface area contributed by atoms with E-state index in [0.29, 0.717) is 19.6 Å². The summed E-state index contributed by atoms with van der Waals surface area (Å²) in [5.41, 5.74) is 1.54. The molecule has 4 heterocycles. The maximum Gasteiger partial charge on any atom is 0.272 e. The Labute approximate surface area is 179 Å². The number of alkyl halides is 2. The maximum absolute atomic E-state index is 13.2. The third-order valence-electron chi connectivity index (χ3n) is 6.06. The Kier molecular flexibility index (Phi) is 6.04. The fourth-order valence-corrected chi connectivity index (χ4v) is 6.12. The van der Waals surface area contributed by atoms with Crippen LogP contribution in [0, 0.1) is 0 Å². The van der Waals surface area contributed by atoms with E-state index < -0.39 is 21.9 Å². The van der Waals surface area contributed by atoms with Crippen molar-refractivity contribution >= 4 is 21.2 Å². The van der Waals surface area contributed by atoms with E-state index in [1.165, 1.54) is 17.6 Å². The fourth-order valence-electron chi connectivity index (χ4n) is 4.51. The first-order valence-corrected chi connectivity index (χ1v) is 13.0. The predicted octanol–water partition coefficient (Wildman–Crippen LogP) is 3.38. The number of thiophene rings is 1. The Morgan fingerprint density at radius 1 is 1.43 bits per heavy atom. The van der Waals surface area contributed by atoms with Crippen LogP contribution in [-0.4, -0.2) is 54.3 Å². The number of likely N-dealkylation sites (tertiary alicyclic amines) is 1. The Bertz CT molecular complexity index is 1000. The second kappa shape index (κ2) is 8.29. The summed E-state index contributed by atoms with van der Waals surface area (Å²) < 4.78 is 57.0. The van der Waals surface area contributed by atoms with Gasteiger partial charge in [0, 0.05) is 48.4 Å². The monoisotopic (exact) mass is 459 g/mol. The molecule has 2 aliphatic rings. The third kappa shape index (κ3) is 4.61. The Morgan fingerprint density at radius 2 is 2.23 bits per heavy atom. The van der Waals surface area contributed by atoms with Crippen LogP contribution in [0.1, 0.15) is 47.1 Å². The molecule has 0 N–H and O–H groups in total. The van der Waals surface area contributed by atoms with E-state index in [1.807, 2.05) is 6.20 Å². The summed E-state index contributed by atoms with van der Waals surface area (Å²) in [4.78, 5) is 3.53. The van der Waals surface area contributed by atoms with Crippen molar-refractivity contribution in [2.45, 2.75) is 57.3 Å². The van der Waals surface area contributed by atoms with Crippen molar-refractivity contribution in [3.05, 3.63) is 39.3 Å². The lowest BCUT2D eigenvalue weighted by Crippen LogP contribution is -2.50. The van der Waals surface area contributed by atoms with Gasteiger partial charge in [-0.3, -0.25) is 9.58 Å². The molecule has 2 aromatic heterocycles. The summed E-state index contributed by atoms with van der Waals surface area (Å²) in [6.07, 6.45) is 4.70. The molecule has 0 amide bonds. The molecule has 166 valence electrons. The van der Waals surface area contributed by atoms with Crippen LogP contribution in [0.3, 0.4) is 0 Å². The lowest BCUT2D eigenvalue weighted by atomic mass is 9.79. The van der Waals surface area contributed by atoms with Gasteiger partial charge in [-0.2, -0.15) is 5.10 Å². The fraction of sp³-hybridized carbons (Fsp3) is 0.650. The molecule has 30 heavy (non-hydrogen) atoms. The molecule has 0 unspecified atom stereocenters. The minimum Gasteiger partial charge on any atom is -0.370 e. The quantitative estimate of drug-likeness (QED) is 0.663. The highest BCUT2D eigenvalue weighted by atomic mass is 32.2. The lowest BCUT2D eigenvalue weighted by Gasteiger charge is -2.47. The number of ether oxygens (including phenoxy) is 1. The summed E-state index contributed by atoms with van der Waals surface area (Å²) in [5.74, 6) is 0.0671. The summed E-state index contributed by atoms with van der Waals surface area (Å²) in [5, 5.41) is 4.27. The standard InChI is InChI=1S/C20H27F2N3O3S2/c1-14-10-20(16-9-18(19(21)22)29-17(16)3-7-28-20)4-5-24(14)12-15-11-23-25(13-15)6-8-30(2,26)27/h9,11,13-14,19H,3-8,10,12H2,1-2H3/t14-,20+/m0/s1. The number of fused-ring (bicyclic) bond motifs is 2. The van der Waals surface area contributed by atoms with Gasteiger partial charge in [-0.05, 0) is 31.4 Å². The van der Waals surface area contributed by atoms with Gasteiger partial charge in [0.15, 0.2) is 0 Å². The molecule has 1 fully saturated rings. The van der Waals surface area contributed by atoms with E-state index >= 15 is 0 Å². The summed E-state index contributed by atoms with van der Waals surface area (Å²) in [7, 11) is -3.02. The first-order valence-electron chi connectivity index (χ1n) is 10.1.